The van der Waals surface area contributed by atoms with Gasteiger partial charge < -0.3 is 15.5 Å². The molecule has 0 unspecified atom stereocenters. The summed E-state index contributed by atoms with van der Waals surface area (Å²) in [5, 5.41) is 0. The summed E-state index contributed by atoms with van der Waals surface area (Å²) >= 11 is 0. The van der Waals surface area contributed by atoms with Crippen LogP contribution in [-0.2, 0) is 0 Å². The van der Waals surface area contributed by atoms with Crippen LogP contribution in [0.5, 0.6) is 0 Å². The Balaban J connectivity index is 2.53. The Kier molecular flexibility index (Phi) is 4.37. The van der Waals surface area contributed by atoms with Gasteiger partial charge in [0.25, 0.3) is 0 Å². The van der Waals surface area contributed by atoms with E-state index in [4.69, 9.17) is 5.73 Å². The quantitative estimate of drug-likeness (QED) is 0.547. The Hall–Kier alpha value is -1.29. The zero-order valence-electron chi connectivity index (χ0n) is 9.61. The second kappa shape index (κ2) is 5.56. The molecule has 1 heterocycles. The van der Waals surface area contributed by atoms with Crippen LogP contribution in [0.1, 0.15) is 6.92 Å². The van der Waals surface area contributed by atoms with Gasteiger partial charge >= 0.3 is 0 Å². The number of piperazine rings is 1. The van der Waals surface area contributed by atoms with E-state index in [1.165, 1.54) is 5.70 Å². The number of nitrogens with two attached hydrogens (primary N) is 1. The number of aliphatic imine (C=N–C) groups is 1. The SMILES string of the molecule is C=N/C(N)=C\C=C(/C)N1CCN(C)CC1. The lowest BCUT2D eigenvalue weighted by Gasteiger charge is -2.34. The molecular weight excluding hydrogens is 188 g/mol. The number of rotatable bonds is 3. The van der Waals surface area contributed by atoms with Crippen molar-refractivity contribution < 1.29 is 0 Å². The molecule has 2 N–H and O–H groups in total. The number of hydrogen-bond donors (Lipinski definition) is 1. The summed E-state index contributed by atoms with van der Waals surface area (Å²) in [5.41, 5.74) is 6.76. The summed E-state index contributed by atoms with van der Waals surface area (Å²) in [7, 11) is 2.15. The van der Waals surface area contributed by atoms with Crippen LogP contribution >= 0.6 is 0 Å². The summed E-state index contributed by atoms with van der Waals surface area (Å²) in [6.45, 7) is 9.85. The Bertz CT molecular complexity index is 272. The van der Waals surface area contributed by atoms with Crippen LogP contribution in [0.4, 0.5) is 0 Å². The normalized spacial score (nSPS) is 20.5. The first kappa shape index (κ1) is 11.8. The lowest BCUT2D eigenvalue weighted by molar-refractivity contribution is 0.186. The maximum atomic E-state index is 5.53. The average molecular weight is 208 g/mol. The third-order valence-electron chi connectivity index (χ3n) is 2.68. The first-order valence-corrected chi connectivity index (χ1v) is 5.17. The molecule has 1 saturated heterocycles. The van der Waals surface area contributed by atoms with Crippen LogP contribution in [0.15, 0.2) is 28.7 Å². The topological polar surface area (TPSA) is 44.9 Å². The van der Waals surface area contributed by atoms with E-state index in [0.717, 1.165) is 26.2 Å². The van der Waals surface area contributed by atoms with Gasteiger partial charge in [0, 0.05) is 31.9 Å². The van der Waals surface area contributed by atoms with Gasteiger partial charge in [0.15, 0.2) is 0 Å². The van der Waals surface area contributed by atoms with E-state index in [1.807, 2.05) is 6.08 Å². The van der Waals surface area contributed by atoms with Crippen molar-refractivity contribution in [3.63, 3.8) is 0 Å². The Morgan fingerprint density at radius 1 is 1.27 bits per heavy atom. The molecular formula is C11H20N4. The van der Waals surface area contributed by atoms with Gasteiger partial charge in [-0.05, 0) is 32.8 Å². The first-order valence-electron chi connectivity index (χ1n) is 5.17. The van der Waals surface area contributed by atoms with Crippen molar-refractivity contribution in [3.8, 4) is 0 Å². The summed E-state index contributed by atoms with van der Waals surface area (Å²) in [4.78, 5) is 8.32. The fraction of sp³-hybridized carbons (Fsp3) is 0.545. The van der Waals surface area contributed by atoms with Crippen molar-refractivity contribution in [2.45, 2.75) is 6.92 Å². The van der Waals surface area contributed by atoms with Crippen molar-refractivity contribution in [2.75, 3.05) is 33.2 Å². The van der Waals surface area contributed by atoms with E-state index in [9.17, 15) is 0 Å². The van der Waals surface area contributed by atoms with Gasteiger partial charge in [0.2, 0.25) is 0 Å². The minimum absolute atomic E-state index is 0.462. The molecule has 0 saturated carbocycles. The number of allylic oxidation sites excluding steroid dienone is 3. The van der Waals surface area contributed by atoms with E-state index in [2.05, 4.69) is 35.5 Å². The highest BCUT2D eigenvalue weighted by Gasteiger charge is 2.12. The Labute approximate surface area is 91.8 Å². The lowest BCUT2D eigenvalue weighted by Crippen LogP contribution is -2.43. The van der Waals surface area contributed by atoms with E-state index in [0.29, 0.717) is 5.82 Å². The summed E-state index contributed by atoms with van der Waals surface area (Å²) in [6.07, 6.45) is 3.79. The molecule has 4 heteroatoms. The van der Waals surface area contributed by atoms with Gasteiger partial charge in [-0.1, -0.05) is 0 Å². The highest BCUT2D eigenvalue weighted by atomic mass is 15.2. The molecule has 0 atom stereocenters. The van der Waals surface area contributed by atoms with Gasteiger partial charge in [-0.2, -0.15) is 0 Å². The molecule has 15 heavy (non-hydrogen) atoms. The number of nitrogens with zero attached hydrogens (tertiary/aromatic N) is 3. The minimum Gasteiger partial charge on any atom is -0.384 e. The Morgan fingerprint density at radius 2 is 1.87 bits per heavy atom. The molecule has 1 rings (SSSR count). The predicted molar refractivity (Wildman–Crippen MR) is 64.6 cm³/mol. The van der Waals surface area contributed by atoms with E-state index in [1.54, 1.807) is 6.08 Å². The van der Waals surface area contributed by atoms with Gasteiger partial charge in [-0.15, -0.1) is 0 Å². The monoisotopic (exact) mass is 208 g/mol. The molecule has 0 spiro atoms. The van der Waals surface area contributed by atoms with Crippen molar-refractivity contribution in [1.29, 1.82) is 0 Å². The lowest BCUT2D eigenvalue weighted by atomic mass is 10.3. The molecule has 0 amide bonds. The van der Waals surface area contributed by atoms with Gasteiger partial charge in [0.1, 0.15) is 5.82 Å². The fourth-order valence-corrected chi connectivity index (χ4v) is 1.52. The molecule has 1 aliphatic rings. The second-order valence-corrected chi connectivity index (χ2v) is 3.85. The zero-order chi connectivity index (χ0) is 11.3. The number of likely N-dealkylation sites (N-methyl/N-ethyl adjacent to an activating group) is 1. The minimum atomic E-state index is 0.462. The second-order valence-electron chi connectivity index (χ2n) is 3.85. The first-order chi connectivity index (χ1) is 7.13. The van der Waals surface area contributed by atoms with Gasteiger partial charge in [-0.3, -0.25) is 0 Å². The predicted octanol–water partition coefficient (Wildman–Crippen LogP) is 0.638. The van der Waals surface area contributed by atoms with Crippen molar-refractivity contribution in [2.24, 2.45) is 10.7 Å². The van der Waals surface area contributed by atoms with Gasteiger partial charge in [-0.25, -0.2) is 4.99 Å². The molecule has 1 aliphatic heterocycles. The van der Waals surface area contributed by atoms with Crippen LogP contribution in [0.3, 0.4) is 0 Å². The molecule has 0 aromatic rings. The van der Waals surface area contributed by atoms with Crippen LogP contribution < -0.4 is 5.73 Å². The third-order valence-corrected chi connectivity index (χ3v) is 2.68. The van der Waals surface area contributed by atoms with Crippen molar-refractivity contribution in [1.82, 2.24) is 9.80 Å². The summed E-state index contributed by atoms with van der Waals surface area (Å²) in [5.74, 6) is 0.462. The molecule has 1 fully saturated rings. The van der Waals surface area contributed by atoms with Crippen molar-refractivity contribution >= 4 is 6.72 Å². The molecule has 0 bridgehead atoms. The molecule has 0 aromatic carbocycles. The molecule has 0 aromatic heterocycles. The van der Waals surface area contributed by atoms with Crippen LogP contribution in [0.2, 0.25) is 0 Å². The van der Waals surface area contributed by atoms with Gasteiger partial charge in [0.05, 0.1) is 0 Å². The molecule has 84 valence electrons. The molecule has 0 aliphatic carbocycles. The summed E-state index contributed by atoms with van der Waals surface area (Å²) in [6, 6.07) is 0. The number of hydrogen-bond acceptors (Lipinski definition) is 4. The summed E-state index contributed by atoms with van der Waals surface area (Å²) < 4.78 is 0. The van der Waals surface area contributed by atoms with Crippen LogP contribution in [0, 0.1) is 0 Å². The maximum absolute atomic E-state index is 5.53. The smallest absolute Gasteiger partial charge is 0.122 e. The Morgan fingerprint density at radius 3 is 2.40 bits per heavy atom. The van der Waals surface area contributed by atoms with E-state index in [-0.39, 0.29) is 0 Å². The maximum Gasteiger partial charge on any atom is 0.122 e. The standard InChI is InChI=1S/C11H20N4/c1-10(4-5-11(12)13-2)15-8-6-14(3)7-9-15/h4-5H,2,6-9,12H2,1,3H3/b10-4+,11-5-. The average Bonchev–Trinajstić information content (AvgIpc) is 2.26. The molecule has 4 nitrogen and oxygen atoms in total. The highest BCUT2D eigenvalue weighted by Crippen LogP contribution is 2.08. The largest absolute Gasteiger partial charge is 0.384 e. The molecule has 0 radical (unpaired) electrons. The zero-order valence-corrected chi connectivity index (χ0v) is 9.61. The van der Waals surface area contributed by atoms with Crippen LogP contribution in [-0.4, -0.2) is 49.7 Å². The van der Waals surface area contributed by atoms with E-state index < -0.39 is 0 Å². The third kappa shape index (κ3) is 3.75. The highest BCUT2D eigenvalue weighted by molar-refractivity contribution is 5.29. The van der Waals surface area contributed by atoms with E-state index >= 15 is 0 Å². The fourth-order valence-electron chi connectivity index (χ4n) is 1.52. The van der Waals surface area contributed by atoms with Crippen LogP contribution in [0.25, 0.3) is 0 Å². The van der Waals surface area contributed by atoms with Crippen molar-refractivity contribution in [3.05, 3.63) is 23.7 Å².